The van der Waals surface area contributed by atoms with Crippen molar-refractivity contribution in [1.82, 2.24) is 10.2 Å². The van der Waals surface area contributed by atoms with Crippen LogP contribution in [0.3, 0.4) is 0 Å². The Morgan fingerprint density at radius 3 is 2.21 bits per heavy atom. The maximum absolute atomic E-state index is 13.6. The average molecular weight is 336 g/mol. The van der Waals surface area contributed by atoms with Crippen molar-refractivity contribution >= 4 is 0 Å². The first-order valence-electron chi connectivity index (χ1n) is 9.16. The standard InChI is InChI=1S/C20H30F2N2/c1-14-10-18(23-16(3)19(4)13-20(19,21)22)11-15(2)24(14)12-17-8-6-5-7-9-17/h5-9,14-16,18,23H,10-13H2,1-4H3/t14-,15+,16?,18?,19?. The fourth-order valence-electron chi connectivity index (χ4n) is 4.29. The van der Waals surface area contributed by atoms with E-state index in [1.54, 1.807) is 6.92 Å². The minimum atomic E-state index is -2.50. The summed E-state index contributed by atoms with van der Waals surface area (Å²) in [6.07, 6.45) is 2.05. The molecular formula is C20H30F2N2. The molecule has 1 N–H and O–H groups in total. The number of hydrogen-bond donors (Lipinski definition) is 1. The van der Waals surface area contributed by atoms with E-state index in [1.807, 2.05) is 13.0 Å². The molecular weight excluding hydrogens is 306 g/mol. The first-order valence-corrected chi connectivity index (χ1v) is 9.16. The largest absolute Gasteiger partial charge is 0.311 e. The van der Waals surface area contributed by atoms with Crippen molar-refractivity contribution in [3.8, 4) is 0 Å². The summed E-state index contributed by atoms with van der Waals surface area (Å²) in [5.41, 5.74) is 0.474. The molecule has 1 heterocycles. The van der Waals surface area contributed by atoms with Gasteiger partial charge in [0.15, 0.2) is 0 Å². The lowest BCUT2D eigenvalue weighted by molar-refractivity contribution is 0.0424. The van der Waals surface area contributed by atoms with Gasteiger partial charge in [0.25, 0.3) is 5.92 Å². The highest BCUT2D eigenvalue weighted by molar-refractivity contribution is 5.15. The zero-order valence-corrected chi connectivity index (χ0v) is 15.2. The van der Waals surface area contributed by atoms with Crippen molar-refractivity contribution in [2.24, 2.45) is 5.41 Å². The van der Waals surface area contributed by atoms with Gasteiger partial charge >= 0.3 is 0 Å². The molecule has 1 aliphatic carbocycles. The monoisotopic (exact) mass is 336 g/mol. The summed E-state index contributed by atoms with van der Waals surface area (Å²) in [6, 6.07) is 11.6. The first-order chi connectivity index (χ1) is 11.2. The molecule has 2 fully saturated rings. The van der Waals surface area contributed by atoms with Crippen molar-refractivity contribution in [2.75, 3.05) is 0 Å². The van der Waals surface area contributed by atoms with Crippen LogP contribution < -0.4 is 5.32 Å². The third-order valence-corrected chi connectivity index (χ3v) is 6.33. The molecule has 1 aromatic carbocycles. The van der Waals surface area contributed by atoms with E-state index in [2.05, 4.69) is 48.3 Å². The molecule has 5 atom stereocenters. The third-order valence-electron chi connectivity index (χ3n) is 6.33. The van der Waals surface area contributed by atoms with Gasteiger partial charge < -0.3 is 5.32 Å². The van der Waals surface area contributed by atoms with Crippen molar-refractivity contribution < 1.29 is 8.78 Å². The summed E-state index contributed by atoms with van der Waals surface area (Å²) in [6.45, 7) is 9.10. The van der Waals surface area contributed by atoms with Crippen molar-refractivity contribution in [3.05, 3.63) is 35.9 Å². The van der Waals surface area contributed by atoms with Crippen LogP contribution in [0.5, 0.6) is 0 Å². The van der Waals surface area contributed by atoms with Crippen LogP contribution in [0.4, 0.5) is 8.78 Å². The first kappa shape index (κ1) is 17.8. The molecule has 134 valence electrons. The lowest BCUT2D eigenvalue weighted by Gasteiger charge is -2.44. The molecule has 0 bridgehead atoms. The Morgan fingerprint density at radius 1 is 1.17 bits per heavy atom. The van der Waals surface area contributed by atoms with Gasteiger partial charge in [-0.25, -0.2) is 8.78 Å². The Labute approximate surface area is 144 Å². The third kappa shape index (κ3) is 3.36. The van der Waals surface area contributed by atoms with E-state index in [0.29, 0.717) is 18.1 Å². The molecule has 3 rings (SSSR count). The van der Waals surface area contributed by atoms with Crippen LogP contribution in [0, 0.1) is 5.41 Å². The molecule has 0 aromatic heterocycles. The maximum atomic E-state index is 13.6. The van der Waals surface area contributed by atoms with E-state index in [9.17, 15) is 8.78 Å². The highest BCUT2D eigenvalue weighted by Gasteiger charge is 2.70. The number of rotatable bonds is 5. The summed E-state index contributed by atoms with van der Waals surface area (Å²) in [5, 5.41) is 3.52. The topological polar surface area (TPSA) is 15.3 Å². The van der Waals surface area contributed by atoms with E-state index < -0.39 is 11.3 Å². The van der Waals surface area contributed by atoms with Gasteiger partial charge in [0, 0.05) is 37.1 Å². The second-order valence-corrected chi connectivity index (χ2v) is 8.21. The van der Waals surface area contributed by atoms with Crippen molar-refractivity contribution in [1.29, 1.82) is 0 Å². The second kappa shape index (κ2) is 6.38. The lowest BCUT2D eigenvalue weighted by Crippen LogP contribution is -2.54. The smallest absolute Gasteiger partial charge is 0.255 e. The molecule has 3 unspecified atom stereocenters. The minimum absolute atomic E-state index is 0.0200. The predicted molar refractivity (Wildman–Crippen MR) is 94.2 cm³/mol. The number of halogens is 2. The van der Waals surface area contributed by atoms with Gasteiger partial charge in [-0.2, -0.15) is 0 Å². The molecule has 2 aliphatic rings. The molecule has 1 saturated heterocycles. The van der Waals surface area contributed by atoms with Crippen molar-refractivity contribution in [3.63, 3.8) is 0 Å². The van der Waals surface area contributed by atoms with Crippen LogP contribution in [0.25, 0.3) is 0 Å². The van der Waals surface area contributed by atoms with Gasteiger partial charge in [0.1, 0.15) is 0 Å². The number of nitrogens with one attached hydrogen (secondary N) is 1. The number of piperidine rings is 1. The summed E-state index contributed by atoms with van der Waals surface area (Å²) >= 11 is 0. The second-order valence-electron chi connectivity index (χ2n) is 8.21. The van der Waals surface area contributed by atoms with Gasteiger partial charge in [0.2, 0.25) is 0 Å². The highest BCUT2D eigenvalue weighted by Crippen LogP contribution is 2.62. The summed E-state index contributed by atoms with van der Waals surface area (Å²) < 4.78 is 27.2. The van der Waals surface area contributed by atoms with Crippen LogP contribution in [0.15, 0.2) is 30.3 Å². The van der Waals surface area contributed by atoms with Crippen LogP contribution in [-0.4, -0.2) is 35.0 Å². The number of benzene rings is 1. The molecule has 1 saturated carbocycles. The normalized spacial score (nSPS) is 37.2. The van der Waals surface area contributed by atoms with Gasteiger partial charge in [-0.05, 0) is 39.2 Å². The zero-order chi connectivity index (χ0) is 17.5. The van der Waals surface area contributed by atoms with Gasteiger partial charge in [-0.1, -0.05) is 37.3 Å². The van der Waals surface area contributed by atoms with Crippen LogP contribution in [0.1, 0.15) is 52.5 Å². The molecule has 1 aliphatic heterocycles. The molecule has 4 heteroatoms. The van der Waals surface area contributed by atoms with Gasteiger partial charge in [-0.15, -0.1) is 0 Å². The fraction of sp³-hybridized carbons (Fsp3) is 0.700. The Kier molecular flexibility index (Phi) is 4.73. The molecule has 1 aromatic rings. The van der Waals surface area contributed by atoms with E-state index in [1.165, 1.54) is 5.56 Å². The fourth-order valence-corrected chi connectivity index (χ4v) is 4.29. The maximum Gasteiger partial charge on any atom is 0.255 e. The summed E-state index contributed by atoms with van der Waals surface area (Å²) in [7, 11) is 0. The van der Waals surface area contributed by atoms with Gasteiger partial charge in [-0.3, -0.25) is 4.90 Å². The van der Waals surface area contributed by atoms with Crippen LogP contribution in [0.2, 0.25) is 0 Å². The van der Waals surface area contributed by atoms with Gasteiger partial charge in [0.05, 0.1) is 5.41 Å². The van der Waals surface area contributed by atoms with E-state index in [0.717, 1.165) is 19.4 Å². The zero-order valence-electron chi connectivity index (χ0n) is 15.2. The molecule has 2 nitrogen and oxygen atoms in total. The summed E-state index contributed by atoms with van der Waals surface area (Å²) in [4.78, 5) is 2.53. The SMILES string of the molecule is CC(NC1C[C@@H](C)N(Cc2ccccc2)[C@@H](C)C1)C1(C)CC1(F)F. The van der Waals surface area contributed by atoms with Crippen molar-refractivity contribution in [2.45, 2.75) is 83.6 Å². The number of likely N-dealkylation sites (tertiary alicyclic amines) is 1. The molecule has 24 heavy (non-hydrogen) atoms. The Morgan fingerprint density at radius 2 is 1.71 bits per heavy atom. The number of alkyl halides is 2. The highest BCUT2D eigenvalue weighted by atomic mass is 19.3. The van der Waals surface area contributed by atoms with Crippen LogP contribution in [-0.2, 0) is 6.54 Å². The number of hydrogen-bond acceptors (Lipinski definition) is 2. The minimum Gasteiger partial charge on any atom is -0.311 e. The Bertz CT molecular complexity index is 550. The Balaban J connectivity index is 1.57. The Hall–Kier alpha value is -1.00. The van der Waals surface area contributed by atoms with E-state index in [4.69, 9.17) is 0 Å². The lowest BCUT2D eigenvalue weighted by atomic mass is 9.90. The van der Waals surface area contributed by atoms with E-state index >= 15 is 0 Å². The molecule has 0 amide bonds. The molecule has 0 spiro atoms. The average Bonchev–Trinajstić information content (AvgIpc) is 3.04. The number of nitrogens with zero attached hydrogens (tertiary/aromatic N) is 1. The summed E-state index contributed by atoms with van der Waals surface area (Å²) in [5.74, 6) is -2.50. The van der Waals surface area contributed by atoms with E-state index in [-0.39, 0.29) is 12.5 Å². The predicted octanol–water partition coefficient (Wildman–Crippen LogP) is 4.45. The molecule has 0 radical (unpaired) electrons. The quantitative estimate of drug-likeness (QED) is 0.854. The van der Waals surface area contributed by atoms with Crippen LogP contribution >= 0.6 is 0 Å².